The van der Waals surface area contributed by atoms with E-state index in [1.54, 1.807) is 30.3 Å². The van der Waals surface area contributed by atoms with Crippen LogP contribution in [0.5, 0.6) is 0 Å². The van der Waals surface area contributed by atoms with Crippen LogP contribution in [0.15, 0.2) is 77.7 Å². The van der Waals surface area contributed by atoms with Gasteiger partial charge in [-0.2, -0.15) is 0 Å². The Morgan fingerprint density at radius 1 is 0.857 bits per heavy atom. The summed E-state index contributed by atoms with van der Waals surface area (Å²) < 4.78 is 0. The van der Waals surface area contributed by atoms with Crippen molar-refractivity contribution in [2.45, 2.75) is 74.5 Å². The SMILES string of the molecule is CCCCCCCCC/C=C\C=C\C(Sc1cccc(C(=O)O)c1)C(O)c1cccc(C(=O)O)c1. The number of aliphatic hydroxyl groups is 1. The third-order valence-electron chi connectivity index (χ3n) is 5.66. The van der Waals surface area contributed by atoms with E-state index in [-0.39, 0.29) is 11.1 Å². The van der Waals surface area contributed by atoms with Crippen LogP contribution in [-0.4, -0.2) is 32.5 Å². The lowest BCUT2D eigenvalue weighted by Gasteiger charge is -2.20. The van der Waals surface area contributed by atoms with Crippen molar-refractivity contribution in [2.75, 3.05) is 0 Å². The highest BCUT2D eigenvalue weighted by Crippen LogP contribution is 2.34. The van der Waals surface area contributed by atoms with Crippen molar-refractivity contribution in [1.29, 1.82) is 0 Å². The van der Waals surface area contributed by atoms with E-state index >= 15 is 0 Å². The number of aromatic carboxylic acids is 2. The van der Waals surface area contributed by atoms with Gasteiger partial charge in [0.25, 0.3) is 0 Å². The average molecular weight is 497 g/mol. The third kappa shape index (κ3) is 10.5. The molecule has 2 atom stereocenters. The van der Waals surface area contributed by atoms with E-state index in [9.17, 15) is 24.9 Å². The molecule has 2 aromatic rings. The van der Waals surface area contributed by atoms with Gasteiger partial charge in [-0.3, -0.25) is 0 Å². The quantitative estimate of drug-likeness (QED) is 0.126. The van der Waals surface area contributed by atoms with E-state index < -0.39 is 23.3 Å². The second kappa shape index (κ2) is 16.0. The molecular weight excluding hydrogens is 460 g/mol. The van der Waals surface area contributed by atoms with Crippen molar-refractivity contribution in [3.8, 4) is 0 Å². The molecule has 0 amide bonds. The second-order valence-corrected chi connectivity index (χ2v) is 9.77. The number of thioether (sulfide) groups is 1. The van der Waals surface area contributed by atoms with Crippen LogP contribution in [0.25, 0.3) is 0 Å². The molecule has 0 heterocycles. The summed E-state index contributed by atoms with van der Waals surface area (Å²) in [7, 11) is 0. The molecule has 3 N–H and O–H groups in total. The molecule has 0 radical (unpaired) electrons. The normalized spacial score (nSPS) is 13.3. The van der Waals surface area contributed by atoms with E-state index in [0.29, 0.717) is 10.5 Å². The number of carboxylic acid groups (broad SMARTS) is 2. The van der Waals surface area contributed by atoms with Crippen LogP contribution in [0.1, 0.15) is 90.7 Å². The average Bonchev–Trinajstić information content (AvgIpc) is 2.86. The summed E-state index contributed by atoms with van der Waals surface area (Å²) in [5.74, 6) is -2.07. The van der Waals surface area contributed by atoms with Crippen molar-refractivity contribution in [3.63, 3.8) is 0 Å². The summed E-state index contributed by atoms with van der Waals surface area (Å²) in [6.45, 7) is 2.22. The van der Waals surface area contributed by atoms with E-state index in [0.717, 1.165) is 12.8 Å². The molecule has 188 valence electrons. The number of carboxylic acids is 2. The van der Waals surface area contributed by atoms with Gasteiger partial charge in [0.15, 0.2) is 0 Å². The molecule has 0 saturated carbocycles. The molecule has 2 rings (SSSR count). The van der Waals surface area contributed by atoms with Crippen molar-refractivity contribution >= 4 is 23.7 Å². The number of aliphatic hydroxyl groups excluding tert-OH is 1. The van der Waals surface area contributed by atoms with Gasteiger partial charge in [-0.25, -0.2) is 9.59 Å². The predicted molar refractivity (Wildman–Crippen MR) is 142 cm³/mol. The Morgan fingerprint density at radius 2 is 1.49 bits per heavy atom. The minimum Gasteiger partial charge on any atom is -0.478 e. The Morgan fingerprint density at radius 3 is 2.17 bits per heavy atom. The van der Waals surface area contributed by atoms with Crippen molar-refractivity contribution in [1.82, 2.24) is 0 Å². The number of benzene rings is 2. The Hall–Kier alpha value is -2.83. The number of hydrogen-bond acceptors (Lipinski definition) is 4. The number of allylic oxidation sites excluding steroid dienone is 3. The first kappa shape index (κ1) is 28.4. The molecule has 2 unspecified atom stereocenters. The predicted octanol–water partition coefficient (Wildman–Crippen LogP) is 7.53. The molecule has 0 aliphatic rings. The van der Waals surface area contributed by atoms with Crippen molar-refractivity contribution in [3.05, 3.63) is 89.5 Å². The first-order valence-corrected chi connectivity index (χ1v) is 13.1. The van der Waals surface area contributed by atoms with Gasteiger partial charge < -0.3 is 15.3 Å². The molecule has 2 aromatic carbocycles. The fourth-order valence-electron chi connectivity index (χ4n) is 3.68. The van der Waals surface area contributed by atoms with Gasteiger partial charge in [-0.1, -0.05) is 88.0 Å². The molecule has 0 aromatic heterocycles. The number of unbranched alkanes of at least 4 members (excludes halogenated alkanes) is 7. The lowest BCUT2D eigenvalue weighted by Crippen LogP contribution is -2.13. The summed E-state index contributed by atoms with van der Waals surface area (Å²) in [6.07, 6.45) is 16.8. The van der Waals surface area contributed by atoms with Crippen LogP contribution < -0.4 is 0 Å². The molecule has 0 spiro atoms. The van der Waals surface area contributed by atoms with Crippen molar-refractivity contribution in [2.24, 2.45) is 0 Å². The topological polar surface area (TPSA) is 94.8 Å². The molecule has 5 nitrogen and oxygen atoms in total. The number of rotatable bonds is 16. The smallest absolute Gasteiger partial charge is 0.335 e. The fraction of sp³-hybridized carbons (Fsp3) is 0.379. The monoisotopic (exact) mass is 496 g/mol. The largest absolute Gasteiger partial charge is 0.478 e. The minimum atomic E-state index is -1.05. The van der Waals surface area contributed by atoms with Gasteiger partial charge in [0, 0.05) is 4.90 Å². The summed E-state index contributed by atoms with van der Waals surface area (Å²) in [4.78, 5) is 23.4. The zero-order valence-corrected chi connectivity index (χ0v) is 21.1. The fourth-order valence-corrected chi connectivity index (χ4v) is 4.80. The maximum Gasteiger partial charge on any atom is 0.335 e. The maximum atomic E-state index is 11.4. The highest BCUT2D eigenvalue weighted by molar-refractivity contribution is 8.00. The van der Waals surface area contributed by atoms with E-state index in [1.165, 1.54) is 68.5 Å². The molecule has 6 heteroatoms. The summed E-state index contributed by atoms with van der Waals surface area (Å²) in [6, 6.07) is 12.8. The summed E-state index contributed by atoms with van der Waals surface area (Å²) in [5, 5.41) is 29.2. The van der Waals surface area contributed by atoms with Crippen LogP contribution in [-0.2, 0) is 0 Å². The molecule has 0 saturated heterocycles. The van der Waals surface area contributed by atoms with Crippen LogP contribution in [0.4, 0.5) is 0 Å². The Labute approximate surface area is 212 Å². The Kier molecular flexibility index (Phi) is 12.9. The molecule has 0 fully saturated rings. The number of carbonyl (C=O) groups is 2. The zero-order valence-electron chi connectivity index (χ0n) is 20.3. The third-order valence-corrected chi connectivity index (χ3v) is 6.87. The lowest BCUT2D eigenvalue weighted by molar-refractivity contribution is 0.0685. The first-order chi connectivity index (χ1) is 16.9. The lowest BCUT2D eigenvalue weighted by atomic mass is 10.0. The summed E-state index contributed by atoms with van der Waals surface area (Å²) >= 11 is 1.34. The van der Waals surface area contributed by atoms with Gasteiger partial charge in [0.05, 0.1) is 22.5 Å². The van der Waals surface area contributed by atoms with Gasteiger partial charge in [0.2, 0.25) is 0 Å². The standard InChI is InChI=1S/C29H36O5S/c1-2-3-4-5-6-7-8-9-10-11-12-19-26(35-25-18-14-17-24(21-25)29(33)34)27(30)22-15-13-16-23(20-22)28(31)32/h10-21,26-27,30H,2-9H2,1H3,(H,31,32)(H,33,34)/b11-10-,19-12+. The van der Waals surface area contributed by atoms with Crippen LogP contribution in [0.2, 0.25) is 0 Å². The molecule has 0 aliphatic heterocycles. The van der Waals surface area contributed by atoms with Crippen LogP contribution in [0, 0.1) is 0 Å². The zero-order chi connectivity index (χ0) is 25.5. The van der Waals surface area contributed by atoms with E-state index in [1.807, 2.05) is 18.2 Å². The molecular formula is C29H36O5S. The van der Waals surface area contributed by atoms with Crippen molar-refractivity contribution < 1.29 is 24.9 Å². The van der Waals surface area contributed by atoms with Crippen LogP contribution >= 0.6 is 11.8 Å². The second-order valence-electron chi connectivity index (χ2n) is 8.51. The number of hydrogen-bond donors (Lipinski definition) is 3. The Bertz CT molecular complexity index is 998. The molecule has 0 bridgehead atoms. The summed E-state index contributed by atoms with van der Waals surface area (Å²) in [5.41, 5.74) is 0.778. The molecule has 0 aliphatic carbocycles. The Balaban J connectivity index is 2.06. The molecule has 35 heavy (non-hydrogen) atoms. The maximum absolute atomic E-state index is 11.4. The first-order valence-electron chi connectivity index (χ1n) is 12.3. The van der Waals surface area contributed by atoms with Crippen LogP contribution in [0.3, 0.4) is 0 Å². The highest BCUT2D eigenvalue weighted by Gasteiger charge is 2.21. The van der Waals surface area contributed by atoms with E-state index in [2.05, 4.69) is 13.0 Å². The van der Waals surface area contributed by atoms with E-state index in [4.69, 9.17) is 0 Å². The highest BCUT2D eigenvalue weighted by atomic mass is 32.2. The minimum absolute atomic E-state index is 0.108. The van der Waals surface area contributed by atoms with Gasteiger partial charge in [-0.15, -0.1) is 11.8 Å². The van der Waals surface area contributed by atoms with Gasteiger partial charge in [0.1, 0.15) is 0 Å². The van der Waals surface area contributed by atoms with Gasteiger partial charge in [-0.05, 0) is 48.7 Å². The van der Waals surface area contributed by atoms with Gasteiger partial charge >= 0.3 is 11.9 Å².